The summed E-state index contributed by atoms with van der Waals surface area (Å²) in [6, 6.07) is 6.87. The molecule has 0 spiro atoms. The Labute approximate surface area is 108 Å². The van der Waals surface area contributed by atoms with Crippen LogP contribution >= 0.6 is 0 Å². The van der Waals surface area contributed by atoms with Gasteiger partial charge in [0.25, 0.3) is 0 Å². The lowest BCUT2D eigenvalue weighted by Gasteiger charge is -2.06. The van der Waals surface area contributed by atoms with Crippen LogP contribution in [0.15, 0.2) is 36.4 Å². The molecule has 0 aliphatic carbocycles. The van der Waals surface area contributed by atoms with Crippen LogP contribution < -0.4 is 0 Å². The van der Waals surface area contributed by atoms with Gasteiger partial charge in [-0.05, 0) is 42.3 Å². The van der Waals surface area contributed by atoms with E-state index < -0.39 is 17.5 Å². The minimum atomic E-state index is -0.756. The minimum absolute atomic E-state index is 0.120. The van der Waals surface area contributed by atoms with E-state index in [1.165, 1.54) is 24.3 Å². The number of benzene rings is 2. The second kappa shape index (κ2) is 5.26. The highest BCUT2D eigenvalue weighted by atomic mass is 19.1. The molecule has 0 aromatic heterocycles. The van der Waals surface area contributed by atoms with E-state index in [2.05, 4.69) is 0 Å². The largest absolute Gasteiger partial charge is 0.294 e. The van der Waals surface area contributed by atoms with E-state index in [-0.39, 0.29) is 17.8 Å². The predicted molar refractivity (Wildman–Crippen MR) is 65.5 cm³/mol. The molecule has 19 heavy (non-hydrogen) atoms. The number of carbonyl (C=O) groups is 1. The van der Waals surface area contributed by atoms with Gasteiger partial charge in [-0.1, -0.05) is 6.07 Å². The molecule has 0 unspecified atom stereocenters. The molecule has 2 aromatic carbocycles. The summed E-state index contributed by atoms with van der Waals surface area (Å²) in [5, 5.41) is 0. The lowest BCUT2D eigenvalue weighted by molar-refractivity contribution is 0.0991. The van der Waals surface area contributed by atoms with E-state index in [0.29, 0.717) is 11.1 Å². The van der Waals surface area contributed by atoms with Crippen molar-refractivity contribution in [3.63, 3.8) is 0 Å². The molecule has 4 heteroatoms. The highest BCUT2D eigenvalue weighted by molar-refractivity contribution is 5.98. The standard InChI is InChI=1S/C15H11F3O/c1-9-6-11(16)4-5-13(9)15(19)7-10-2-3-12(17)8-14(10)18/h2-6,8H,7H2,1H3. The maximum Gasteiger partial charge on any atom is 0.167 e. The Morgan fingerprint density at radius 2 is 1.63 bits per heavy atom. The molecule has 98 valence electrons. The van der Waals surface area contributed by atoms with Crippen molar-refractivity contribution in [1.82, 2.24) is 0 Å². The van der Waals surface area contributed by atoms with Gasteiger partial charge < -0.3 is 0 Å². The summed E-state index contributed by atoms with van der Waals surface area (Å²) in [5.41, 5.74) is 0.952. The molecule has 0 saturated heterocycles. The van der Waals surface area contributed by atoms with Gasteiger partial charge in [-0.3, -0.25) is 4.79 Å². The first kappa shape index (κ1) is 13.3. The first-order valence-corrected chi connectivity index (χ1v) is 5.70. The first-order valence-electron chi connectivity index (χ1n) is 5.70. The molecule has 1 nitrogen and oxygen atoms in total. The average Bonchev–Trinajstić information content (AvgIpc) is 2.32. The van der Waals surface area contributed by atoms with Crippen LogP contribution in [0.2, 0.25) is 0 Å². The van der Waals surface area contributed by atoms with Gasteiger partial charge in [-0.2, -0.15) is 0 Å². The lowest BCUT2D eigenvalue weighted by atomic mass is 9.99. The van der Waals surface area contributed by atoms with Crippen molar-refractivity contribution in [3.8, 4) is 0 Å². The zero-order valence-electron chi connectivity index (χ0n) is 10.2. The van der Waals surface area contributed by atoms with Gasteiger partial charge in [-0.15, -0.1) is 0 Å². The van der Waals surface area contributed by atoms with Gasteiger partial charge in [0.15, 0.2) is 5.78 Å². The molecular formula is C15H11F3O. The fraction of sp³-hybridized carbons (Fsp3) is 0.133. The molecule has 0 N–H and O–H groups in total. The monoisotopic (exact) mass is 264 g/mol. The summed E-state index contributed by atoms with van der Waals surface area (Å²) >= 11 is 0. The lowest BCUT2D eigenvalue weighted by Crippen LogP contribution is -2.07. The number of rotatable bonds is 3. The zero-order valence-corrected chi connectivity index (χ0v) is 10.2. The third kappa shape index (κ3) is 3.02. The van der Waals surface area contributed by atoms with Crippen LogP contribution in [-0.4, -0.2) is 5.78 Å². The summed E-state index contributed by atoms with van der Waals surface area (Å²) in [7, 11) is 0. The van der Waals surface area contributed by atoms with E-state index in [1.54, 1.807) is 6.92 Å². The third-order valence-corrected chi connectivity index (χ3v) is 2.85. The molecule has 0 saturated carbocycles. The van der Waals surface area contributed by atoms with Crippen LogP contribution in [0.4, 0.5) is 13.2 Å². The van der Waals surface area contributed by atoms with Gasteiger partial charge in [-0.25, -0.2) is 13.2 Å². The average molecular weight is 264 g/mol. The molecule has 0 radical (unpaired) electrons. The minimum Gasteiger partial charge on any atom is -0.294 e. The number of Topliss-reactive ketones (excluding diaryl/α,β-unsaturated/α-hetero) is 1. The fourth-order valence-corrected chi connectivity index (χ4v) is 1.87. The highest BCUT2D eigenvalue weighted by Crippen LogP contribution is 2.16. The number of ketones is 1. The number of carbonyl (C=O) groups excluding carboxylic acids is 1. The van der Waals surface area contributed by atoms with Crippen molar-refractivity contribution in [3.05, 3.63) is 70.5 Å². The molecule has 0 aliphatic rings. The van der Waals surface area contributed by atoms with Crippen LogP contribution in [0, 0.1) is 24.4 Å². The molecule has 2 aromatic rings. The van der Waals surface area contributed by atoms with Crippen molar-refractivity contribution >= 4 is 5.78 Å². The number of halogens is 3. The quantitative estimate of drug-likeness (QED) is 0.770. The Balaban J connectivity index is 2.25. The fourth-order valence-electron chi connectivity index (χ4n) is 1.87. The number of aryl methyl sites for hydroxylation is 1. The number of hydrogen-bond donors (Lipinski definition) is 0. The van der Waals surface area contributed by atoms with Gasteiger partial charge in [0.1, 0.15) is 17.5 Å². The van der Waals surface area contributed by atoms with Crippen molar-refractivity contribution in [2.75, 3.05) is 0 Å². The van der Waals surface area contributed by atoms with Gasteiger partial charge in [0, 0.05) is 18.1 Å². The molecule has 0 heterocycles. The molecule has 0 fully saturated rings. The van der Waals surface area contributed by atoms with Crippen LogP contribution in [0.5, 0.6) is 0 Å². The molecule has 2 rings (SSSR count). The second-order valence-electron chi connectivity index (χ2n) is 4.29. The molecule has 0 bridgehead atoms. The summed E-state index contributed by atoms with van der Waals surface area (Å²) in [4.78, 5) is 12.0. The topological polar surface area (TPSA) is 17.1 Å². The van der Waals surface area contributed by atoms with Crippen molar-refractivity contribution in [1.29, 1.82) is 0 Å². The number of hydrogen-bond acceptors (Lipinski definition) is 1. The van der Waals surface area contributed by atoms with Gasteiger partial charge in [0.2, 0.25) is 0 Å². The Kier molecular flexibility index (Phi) is 3.69. The van der Waals surface area contributed by atoms with E-state index >= 15 is 0 Å². The summed E-state index contributed by atoms with van der Waals surface area (Å²) in [5.74, 6) is -2.20. The molecule has 0 aliphatic heterocycles. The predicted octanol–water partition coefficient (Wildman–Crippen LogP) is 3.84. The van der Waals surface area contributed by atoms with Crippen molar-refractivity contribution in [2.45, 2.75) is 13.3 Å². The van der Waals surface area contributed by atoms with E-state index in [9.17, 15) is 18.0 Å². The summed E-state index contributed by atoms with van der Waals surface area (Å²) in [6.45, 7) is 1.61. The van der Waals surface area contributed by atoms with Gasteiger partial charge >= 0.3 is 0 Å². The zero-order chi connectivity index (χ0) is 14.0. The van der Waals surface area contributed by atoms with Crippen LogP contribution in [0.3, 0.4) is 0 Å². The molecule has 0 atom stereocenters. The Morgan fingerprint density at radius 1 is 1.00 bits per heavy atom. The smallest absolute Gasteiger partial charge is 0.167 e. The second-order valence-corrected chi connectivity index (χ2v) is 4.29. The highest BCUT2D eigenvalue weighted by Gasteiger charge is 2.13. The van der Waals surface area contributed by atoms with Crippen LogP contribution in [-0.2, 0) is 6.42 Å². The molecular weight excluding hydrogens is 253 g/mol. The third-order valence-electron chi connectivity index (χ3n) is 2.85. The van der Waals surface area contributed by atoms with Crippen molar-refractivity contribution < 1.29 is 18.0 Å². The maximum absolute atomic E-state index is 13.4. The molecule has 0 amide bonds. The SMILES string of the molecule is Cc1cc(F)ccc1C(=O)Cc1ccc(F)cc1F. The Hall–Kier alpha value is -2.10. The van der Waals surface area contributed by atoms with E-state index in [4.69, 9.17) is 0 Å². The summed E-state index contributed by atoms with van der Waals surface area (Å²) < 4.78 is 39.1. The van der Waals surface area contributed by atoms with E-state index in [1.807, 2.05) is 0 Å². The summed E-state index contributed by atoms with van der Waals surface area (Å²) in [6.07, 6.45) is -0.182. The normalized spacial score (nSPS) is 10.5. The Bertz CT molecular complexity index is 635. The van der Waals surface area contributed by atoms with E-state index in [0.717, 1.165) is 12.1 Å². The van der Waals surface area contributed by atoms with Crippen LogP contribution in [0.1, 0.15) is 21.5 Å². The van der Waals surface area contributed by atoms with Crippen LogP contribution in [0.25, 0.3) is 0 Å². The van der Waals surface area contributed by atoms with Gasteiger partial charge in [0.05, 0.1) is 0 Å². The maximum atomic E-state index is 13.4. The Morgan fingerprint density at radius 3 is 2.26 bits per heavy atom. The first-order chi connectivity index (χ1) is 8.97. The van der Waals surface area contributed by atoms with Crippen molar-refractivity contribution in [2.24, 2.45) is 0 Å².